The van der Waals surface area contributed by atoms with E-state index in [0.717, 1.165) is 33.7 Å². The number of hydrogen-bond donors (Lipinski definition) is 0. The molecule has 1 aromatic rings. The second-order valence-electron chi connectivity index (χ2n) is 11.0. The second-order valence-corrected chi connectivity index (χ2v) is 23.0. The van der Waals surface area contributed by atoms with E-state index in [1.807, 2.05) is 0 Å². The molecule has 0 N–H and O–H groups in total. The Bertz CT molecular complexity index is 1030. The SMILES string of the molecule is CO[Si](CCC[Si](C)(C)O[Si](C)(C)CCCn1c(=O)n(CC2CO2)c(=O)n(CC2CO2)c1=O)(OC)OC. The van der Waals surface area contributed by atoms with E-state index in [1.165, 1.54) is 4.57 Å². The molecule has 0 bridgehead atoms. The fourth-order valence-corrected chi connectivity index (χ4v) is 15.7. The van der Waals surface area contributed by atoms with Crippen LogP contribution in [0.1, 0.15) is 12.8 Å². The van der Waals surface area contributed by atoms with Crippen molar-refractivity contribution in [1.29, 1.82) is 0 Å². The molecule has 0 radical (unpaired) electrons. The Morgan fingerprint density at radius 2 is 1.11 bits per heavy atom. The first kappa shape index (κ1) is 30.4. The first-order valence-corrected chi connectivity index (χ1v) is 21.1. The minimum absolute atomic E-state index is 0.154. The fourth-order valence-electron chi connectivity index (χ4n) is 4.74. The summed E-state index contributed by atoms with van der Waals surface area (Å²) in [6.07, 6.45) is 1.21. The van der Waals surface area contributed by atoms with Crippen LogP contribution in [0, 0.1) is 0 Å². The molecule has 15 heteroatoms. The molecule has 0 aromatic carbocycles. The first-order chi connectivity index (χ1) is 17.4. The number of aromatic nitrogens is 3. The van der Waals surface area contributed by atoms with Gasteiger partial charge in [0.25, 0.3) is 0 Å². The van der Waals surface area contributed by atoms with Gasteiger partial charge in [-0.1, -0.05) is 0 Å². The zero-order valence-corrected chi connectivity index (χ0v) is 26.2. The van der Waals surface area contributed by atoms with Crippen LogP contribution in [0.25, 0.3) is 0 Å². The third kappa shape index (κ3) is 8.40. The summed E-state index contributed by atoms with van der Waals surface area (Å²) in [7, 11) is -1.76. The van der Waals surface area contributed by atoms with Crippen LogP contribution in [0.15, 0.2) is 14.4 Å². The van der Waals surface area contributed by atoms with Crippen molar-refractivity contribution in [2.75, 3.05) is 34.5 Å². The Balaban J connectivity index is 1.62. The van der Waals surface area contributed by atoms with E-state index >= 15 is 0 Å². The van der Waals surface area contributed by atoms with Crippen LogP contribution in [0.5, 0.6) is 0 Å². The van der Waals surface area contributed by atoms with Crippen LogP contribution in [0.2, 0.25) is 44.3 Å². The first-order valence-electron chi connectivity index (χ1n) is 12.9. The molecule has 3 heterocycles. The Labute approximate surface area is 221 Å². The summed E-state index contributed by atoms with van der Waals surface area (Å²) in [6.45, 7) is 10.4. The van der Waals surface area contributed by atoms with Crippen molar-refractivity contribution < 1.29 is 26.9 Å². The van der Waals surface area contributed by atoms with Gasteiger partial charge >= 0.3 is 25.9 Å². The molecular weight excluding hydrogens is 535 g/mol. The highest BCUT2D eigenvalue weighted by atomic mass is 28.4. The molecule has 2 aliphatic rings. The maximum Gasteiger partial charge on any atom is 0.500 e. The summed E-state index contributed by atoms with van der Waals surface area (Å²) in [4.78, 5) is 39.0. The highest BCUT2D eigenvalue weighted by molar-refractivity contribution is 6.84. The standard InChI is InChI=1S/C22H43N3O9Si3/c1-29-37(30-2,31-3)13-9-12-36(6,7)34-35(4,5)11-8-10-23-20(26)24(14-18-16-32-18)22(28)25(21(23)27)15-19-17-33-19/h18-19H,8-17H2,1-7H3. The van der Waals surface area contributed by atoms with Crippen LogP contribution in [0.3, 0.4) is 0 Å². The zero-order valence-electron chi connectivity index (χ0n) is 23.2. The van der Waals surface area contributed by atoms with Gasteiger partial charge in [-0.15, -0.1) is 0 Å². The van der Waals surface area contributed by atoms with Crippen molar-refractivity contribution in [3.63, 3.8) is 0 Å². The number of hydrogen-bond acceptors (Lipinski definition) is 9. The van der Waals surface area contributed by atoms with Crippen molar-refractivity contribution >= 4 is 25.4 Å². The lowest BCUT2D eigenvalue weighted by atomic mass is 10.4. The molecule has 2 fully saturated rings. The Hall–Kier alpha value is -1.18. The summed E-state index contributed by atoms with van der Waals surface area (Å²) in [5.41, 5.74) is -1.74. The monoisotopic (exact) mass is 577 g/mol. The number of rotatable bonds is 17. The van der Waals surface area contributed by atoms with E-state index in [9.17, 15) is 14.4 Å². The van der Waals surface area contributed by atoms with E-state index in [-0.39, 0.29) is 31.8 Å². The van der Waals surface area contributed by atoms with Crippen molar-refractivity contribution in [1.82, 2.24) is 13.7 Å². The Morgan fingerprint density at radius 3 is 1.51 bits per heavy atom. The molecule has 12 nitrogen and oxygen atoms in total. The molecule has 2 saturated heterocycles. The van der Waals surface area contributed by atoms with Crippen LogP contribution < -0.4 is 17.1 Å². The van der Waals surface area contributed by atoms with Gasteiger partial charge in [-0.2, -0.15) is 0 Å². The molecule has 212 valence electrons. The molecule has 2 unspecified atom stereocenters. The van der Waals surface area contributed by atoms with Gasteiger partial charge in [0.2, 0.25) is 0 Å². The summed E-state index contributed by atoms with van der Waals surface area (Å²) in [5, 5.41) is 0. The lowest BCUT2D eigenvalue weighted by Gasteiger charge is -2.35. The lowest BCUT2D eigenvalue weighted by Crippen LogP contribution is -2.55. The predicted octanol–water partition coefficient (Wildman–Crippen LogP) is 1.05. The lowest BCUT2D eigenvalue weighted by molar-refractivity contribution is 0.123. The van der Waals surface area contributed by atoms with E-state index < -0.39 is 42.5 Å². The largest absolute Gasteiger partial charge is 0.500 e. The van der Waals surface area contributed by atoms with E-state index in [0.29, 0.717) is 19.6 Å². The highest BCUT2D eigenvalue weighted by Gasteiger charge is 2.39. The third-order valence-corrected chi connectivity index (χ3v) is 17.2. The molecule has 37 heavy (non-hydrogen) atoms. The molecule has 0 amide bonds. The third-order valence-electron chi connectivity index (χ3n) is 6.87. The van der Waals surface area contributed by atoms with Crippen LogP contribution in [0.4, 0.5) is 0 Å². The van der Waals surface area contributed by atoms with Crippen LogP contribution in [-0.2, 0) is 46.5 Å². The zero-order chi connectivity index (χ0) is 27.4. The molecule has 1 aromatic heterocycles. The van der Waals surface area contributed by atoms with Gasteiger partial charge in [-0.3, -0.25) is 0 Å². The average molecular weight is 578 g/mol. The van der Waals surface area contributed by atoms with Crippen LogP contribution >= 0.6 is 0 Å². The minimum atomic E-state index is -2.60. The topological polar surface area (TPSA) is 128 Å². The average Bonchev–Trinajstić information content (AvgIpc) is 3.75. The number of ether oxygens (including phenoxy) is 2. The quantitative estimate of drug-likeness (QED) is 0.197. The Morgan fingerprint density at radius 1 is 0.703 bits per heavy atom. The summed E-state index contributed by atoms with van der Waals surface area (Å²) < 4.78 is 37.2. The minimum Gasteiger partial charge on any atom is -0.455 e. The number of epoxide rings is 2. The molecule has 0 spiro atoms. The summed E-state index contributed by atoms with van der Waals surface area (Å²) in [5.74, 6) is 0. The van der Waals surface area contributed by atoms with Gasteiger partial charge in [0.05, 0.1) is 38.5 Å². The van der Waals surface area contributed by atoms with E-state index in [4.69, 9.17) is 26.9 Å². The van der Waals surface area contributed by atoms with Crippen molar-refractivity contribution in [2.45, 2.75) is 89.0 Å². The molecule has 0 aliphatic carbocycles. The molecule has 2 atom stereocenters. The fraction of sp³-hybridized carbons (Fsp3) is 0.864. The number of nitrogens with zero attached hydrogens (tertiary/aromatic N) is 3. The van der Waals surface area contributed by atoms with E-state index in [2.05, 4.69) is 26.2 Å². The molecule has 0 saturated carbocycles. The van der Waals surface area contributed by atoms with Crippen molar-refractivity contribution in [3.8, 4) is 0 Å². The Kier molecular flexibility index (Phi) is 10.1. The molecule has 3 rings (SSSR count). The van der Waals surface area contributed by atoms with E-state index in [1.54, 1.807) is 21.3 Å². The molecule has 2 aliphatic heterocycles. The maximum atomic E-state index is 13.1. The summed E-state index contributed by atoms with van der Waals surface area (Å²) >= 11 is 0. The normalized spacial score (nSPS) is 19.9. The van der Waals surface area contributed by atoms with Gasteiger partial charge in [-0.05, 0) is 51.1 Å². The second kappa shape index (κ2) is 12.3. The van der Waals surface area contributed by atoms with Crippen molar-refractivity contribution in [3.05, 3.63) is 31.5 Å². The van der Waals surface area contributed by atoms with Crippen LogP contribution in [-0.4, -0.2) is 85.9 Å². The van der Waals surface area contributed by atoms with Gasteiger partial charge in [-0.25, -0.2) is 28.1 Å². The maximum absolute atomic E-state index is 13.1. The summed E-state index contributed by atoms with van der Waals surface area (Å²) in [6, 6.07) is 2.48. The van der Waals surface area contributed by atoms with Crippen molar-refractivity contribution in [2.24, 2.45) is 0 Å². The smallest absolute Gasteiger partial charge is 0.455 e. The van der Waals surface area contributed by atoms with Gasteiger partial charge in [0.15, 0.2) is 16.6 Å². The van der Waals surface area contributed by atoms with Gasteiger partial charge in [0.1, 0.15) is 0 Å². The molecular formula is C22H43N3O9Si3. The predicted molar refractivity (Wildman–Crippen MR) is 145 cm³/mol. The highest BCUT2D eigenvalue weighted by Crippen LogP contribution is 2.26. The van der Waals surface area contributed by atoms with Gasteiger partial charge < -0.3 is 26.9 Å². The van der Waals surface area contributed by atoms with Gasteiger partial charge in [0, 0.05) is 33.9 Å².